The molecule has 0 saturated heterocycles. The monoisotopic (exact) mass is 552 g/mol. The van der Waals surface area contributed by atoms with E-state index in [0.29, 0.717) is 52.7 Å². The molecule has 0 aliphatic heterocycles. The third-order valence-electron chi connectivity index (χ3n) is 8.70. The van der Waals surface area contributed by atoms with Gasteiger partial charge in [0.25, 0.3) is 0 Å². The number of carbonyl (C=O) groups is 2. The first kappa shape index (κ1) is 32.1. The summed E-state index contributed by atoms with van der Waals surface area (Å²) >= 11 is 0. The molecule has 8 nitrogen and oxygen atoms in total. The van der Waals surface area contributed by atoms with Crippen molar-refractivity contribution in [3.63, 3.8) is 0 Å². The van der Waals surface area contributed by atoms with E-state index in [1.807, 2.05) is 6.92 Å². The highest BCUT2D eigenvalue weighted by Crippen LogP contribution is 2.55. The lowest BCUT2D eigenvalue weighted by atomic mass is 9.53. The predicted molar refractivity (Wildman–Crippen MR) is 153 cm³/mol. The molecule has 0 radical (unpaired) electrons. The highest BCUT2D eigenvalue weighted by molar-refractivity contribution is 5.74. The molecule has 0 unspecified atom stereocenters. The molecule has 39 heavy (non-hydrogen) atoms. The SMILES string of the molecule is CCOCCOCCOCCOC(=O)CCCCCCCCCCCNC(=O)NC12CC3CC(CC(C3)C1)C2. The molecule has 0 aromatic rings. The quantitative estimate of drug-likeness (QED) is 0.123. The number of urea groups is 1. The van der Waals surface area contributed by atoms with Crippen molar-refractivity contribution in [3.8, 4) is 0 Å². The molecular weight excluding hydrogens is 496 g/mol. The summed E-state index contributed by atoms with van der Waals surface area (Å²) in [5.41, 5.74) is 0.105. The molecule has 0 atom stereocenters. The van der Waals surface area contributed by atoms with Crippen LogP contribution in [0.5, 0.6) is 0 Å². The van der Waals surface area contributed by atoms with E-state index in [1.165, 1.54) is 77.0 Å². The Kier molecular flexibility index (Phi) is 15.6. The average Bonchev–Trinajstić information content (AvgIpc) is 2.89. The Balaban J connectivity index is 1.01. The number of ether oxygens (including phenoxy) is 4. The van der Waals surface area contributed by atoms with Gasteiger partial charge in [0.15, 0.2) is 0 Å². The lowest BCUT2D eigenvalue weighted by Crippen LogP contribution is -2.61. The van der Waals surface area contributed by atoms with Crippen LogP contribution in [-0.4, -0.2) is 70.3 Å². The summed E-state index contributed by atoms with van der Waals surface area (Å²) in [6.07, 6.45) is 18.6. The van der Waals surface area contributed by atoms with E-state index in [1.54, 1.807) is 0 Å². The van der Waals surface area contributed by atoms with Gasteiger partial charge in [0.2, 0.25) is 0 Å². The van der Waals surface area contributed by atoms with Gasteiger partial charge in [-0.2, -0.15) is 0 Å². The minimum atomic E-state index is -0.133. The topological polar surface area (TPSA) is 95.1 Å². The van der Waals surface area contributed by atoms with Crippen molar-refractivity contribution in [1.82, 2.24) is 10.6 Å². The van der Waals surface area contributed by atoms with Crippen molar-refractivity contribution in [2.75, 3.05) is 52.8 Å². The maximum absolute atomic E-state index is 12.5. The van der Waals surface area contributed by atoms with Gasteiger partial charge in [-0.15, -0.1) is 0 Å². The summed E-state index contributed by atoms with van der Waals surface area (Å²) in [6.45, 7) is 6.36. The number of hydrogen-bond acceptors (Lipinski definition) is 6. The molecule has 226 valence electrons. The lowest BCUT2D eigenvalue weighted by molar-refractivity contribution is -0.145. The van der Waals surface area contributed by atoms with Crippen LogP contribution in [0.4, 0.5) is 4.79 Å². The van der Waals surface area contributed by atoms with Crippen molar-refractivity contribution in [3.05, 3.63) is 0 Å². The molecule has 4 saturated carbocycles. The van der Waals surface area contributed by atoms with Gasteiger partial charge in [0.1, 0.15) is 6.61 Å². The zero-order valence-corrected chi connectivity index (χ0v) is 24.7. The summed E-state index contributed by atoms with van der Waals surface area (Å²) in [5, 5.41) is 6.52. The molecule has 0 spiro atoms. The van der Waals surface area contributed by atoms with Crippen LogP contribution < -0.4 is 10.6 Å². The number of hydrogen-bond donors (Lipinski definition) is 2. The fourth-order valence-corrected chi connectivity index (χ4v) is 7.25. The Hall–Kier alpha value is -1.38. The van der Waals surface area contributed by atoms with E-state index >= 15 is 0 Å². The summed E-state index contributed by atoms with van der Waals surface area (Å²) in [7, 11) is 0. The number of nitrogens with one attached hydrogen (secondary N) is 2. The number of esters is 1. The highest BCUT2D eigenvalue weighted by atomic mass is 16.6. The van der Waals surface area contributed by atoms with Gasteiger partial charge in [-0.05, 0) is 76.0 Å². The lowest BCUT2D eigenvalue weighted by Gasteiger charge is -2.56. The van der Waals surface area contributed by atoms with Gasteiger partial charge >= 0.3 is 12.0 Å². The van der Waals surface area contributed by atoms with Crippen molar-refractivity contribution in [1.29, 1.82) is 0 Å². The molecule has 2 N–H and O–H groups in total. The van der Waals surface area contributed by atoms with E-state index < -0.39 is 0 Å². The first-order valence-electron chi connectivity index (χ1n) is 16.0. The van der Waals surface area contributed by atoms with Crippen LogP contribution in [-0.2, 0) is 23.7 Å². The molecule has 2 amide bonds. The largest absolute Gasteiger partial charge is 0.463 e. The van der Waals surface area contributed by atoms with Crippen LogP contribution in [0.15, 0.2) is 0 Å². The van der Waals surface area contributed by atoms with Gasteiger partial charge in [0.05, 0.1) is 33.0 Å². The first-order valence-corrected chi connectivity index (χ1v) is 16.0. The Morgan fingerprint density at radius 2 is 1.15 bits per heavy atom. The van der Waals surface area contributed by atoms with Crippen LogP contribution in [0.1, 0.15) is 110 Å². The van der Waals surface area contributed by atoms with Crippen LogP contribution >= 0.6 is 0 Å². The van der Waals surface area contributed by atoms with Crippen molar-refractivity contribution in [2.45, 2.75) is 115 Å². The minimum Gasteiger partial charge on any atom is -0.463 e. The molecule has 8 heteroatoms. The van der Waals surface area contributed by atoms with Crippen LogP contribution in [0.2, 0.25) is 0 Å². The maximum Gasteiger partial charge on any atom is 0.315 e. The fourth-order valence-electron chi connectivity index (χ4n) is 7.25. The fraction of sp³-hybridized carbons (Fsp3) is 0.935. The summed E-state index contributed by atoms with van der Waals surface area (Å²) in [6, 6.07) is 0.0593. The minimum absolute atomic E-state index is 0.0593. The molecule has 4 fully saturated rings. The van der Waals surface area contributed by atoms with Gasteiger partial charge < -0.3 is 29.6 Å². The predicted octanol–water partition coefficient (Wildman–Crippen LogP) is 5.77. The molecule has 4 aliphatic carbocycles. The van der Waals surface area contributed by atoms with Crippen molar-refractivity contribution >= 4 is 12.0 Å². The Labute approximate surface area is 237 Å². The van der Waals surface area contributed by atoms with Crippen LogP contribution in [0, 0.1) is 17.8 Å². The van der Waals surface area contributed by atoms with Gasteiger partial charge in [-0.1, -0.05) is 44.9 Å². The zero-order valence-electron chi connectivity index (χ0n) is 24.7. The Morgan fingerprint density at radius 1 is 0.667 bits per heavy atom. The zero-order chi connectivity index (χ0) is 27.6. The maximum atomic E-state index is 12.5. The van der Waals surface area contributed by atoms with Crippen molar-refractivity contribution < 1.29 is 28.5 Å². The van der Waals surface area contributed by atoms with Gasteiger partial charge in [-0.3, -0.25) is 4.79 Å². The summed E-state index contributed by atoms with van der Waals surface area (Å²) < 4.78 is 21.1. The Bertz CT molecular complexity index is 653. The van der Waals surface area contributed by atoms with Crippen molar-refractivity contribution in [2.24, 2.45) is 17.8 Å². The second-order valence-electron chi connectivity index (χ2n) is 12.2. The number of unbranched alkanes of at least 4 members (excludes halogenated alkanes) is 8. The molecule has 0 heterocycles. The normalized spacial score (nSPS) is 25.1. The Morgan fingerprint density at radius 3 is 1.72 bits per heavy atom. The third-order valence-corrected chi connectivity index (χ3v) is 8.70. The van der Waals surface area contributed by atoms with Crippen LogP contribution in [0.25, 0.3) is 0 Å². The highest BCUT2D eigenvalue weighted by Gasteiger charge is 2.51. The van der Waals surface area contributed by atoms with E-state index in [4.69, 9.17) is 18.9 Å². The van der Waals surface area contributed by atoms with Gasteiger partial charge in [-0.25, -0.2) is 4.79 Å². The second kappa shape index (κ2) is 18.9. The van der Waals surface area contributed by atoms with Crippen LogP contribution in [0.3, 0.4) is 0 Å². The second-order valence-corrected chi connectivity index (χ2v) is 12.2. The number of rotatable bonds is 23. The molecule has 4 rings (SSSR count). The average molecular weight is 553 g/mol. The molecule has 4 aliphatic rings. The molecule has 0 aromatic heterocycles. The van der Waals surface area contributed by atoms with Gasteiger partial charge in [0, 0.05) is 25.1 Å². The summed E-state index contributed by atoms with van der Waals surface area (Å²) in [4.78, 5) is 24.3. The number of amides is 2. The molecule has 4 bridgehead atoms. The van der Waals surface area contributed by atoms with E-state index in [-0.39, 0.29) is 17.5 Å². The van der Waals surface area contributed by atoms with E-state index in [9.17, 15) is 9.59 Å². The standard InChI is InChI=1S/C31H56N2O6/c1-2-36-14-15-37-16-17-38-18-19-39-29(34)12-10-8-6-4-3-5-7-9-11-13-32-30(35)33-31-23-26-20-27(24-31)22-28(21-26)25-31/h26-28H,2-25H2,1H3,(H2,32,33,35). The molecule has 0 aromatic carbocycles. The molecular formula is C31H56N2O6. The van der Waals surface area contributed by atoms with E-state index in [2.05, 4.69) is 10.6 Å². The smallest absolute Gasteiger partial charge is 0.315 e. The first-order chi connectivity index (χ1) is 19.1. The number of carbonyl (C=O) groups excluding carboxylic acids is 2. The van der Waals surface area contributed by atoms with E-state index in [0.717, 1.165) is 43.6 Å². The summed E-state index contributed by atoms with van der Waals surface area (Å²) in [5.74, 6) is 2.44. The third kappa shape index (κ3) is 13.2.